The summed E-state index contributed by atoms with van der Waals surface area (Å²) in [6.07, 6.45) is -4.74. The molecule has 0 fully saturated rings. The van der Waals surface area contributed by atoms with Gasteiger partial charge in [-0.1, -0.05) is 15.9 Å². The average Bonchev–Trinajstić information content (AvgIpc) is 1.99. The van der Waals surface area contributed by atoms with Crippen molar-refractivity contribution < 1.29 is 22.6 Å². The van der Waals surface area contributed by atoms with Crippen molar-refractivity contribution in [3.8, 4) is 11.5 Å². The fraction of sp³-hybridized carbons (Fsp3) is 0.250. The molecule has 0 aliphatic rings. The van der Waals surface area contributed by atoms with E-state index in [-0.39, 0.29) is 5.75 Å². The zero-order chi connectivity index (χ0) is 11.6. The predicted octanol–water partition coefficient (Wildman–Crippen LogP) is 4.12. The van der Waals surface area contributed by atoms with Gasteiger partial charge >= 0.3 is 6.36 Å². The Morgan fingerprint density at radius 3 is 2.27 bits per heavy atom. The predicted molar refractivity (Wildman–Crippen MR) is 55.1 cm³/mol. The van der Waals surface area contributed by atoms with Crippen molar-refractivity contribution in [2.24, 2.45) is 0 Å². The van der Waals surface area contributed by atoms with Crippen LogP contribution in [0.15, 0.2) is 21.1 Å². The molecule has 1 aromatic carbocycles. The quantitative estimate of drug-likeness (QED) is 0.799. The lowest BCUT2D eigenvalue weighted by Crippen LogP contribution is -2.17. The van der Waals surface area contributed by atoms with Gasteiger partial charge in [0.2, 0.25) is 0 Å². The summed E-state index contributed by atoms with van der Waals surface area (Å²) in [5.41, 5.74) is 0. The van der Waals surface area contributed by atoms with Crippen LogP contribution in [0.5, 0.6) is 11.5 Å². The summed E-state index contributed by atoms with van der Waals surface area (Å²) in [7, 11) is 1.26. The van der Waals surface area contributed by atoms with Gasteiger partial charge in [0.15, 0.2) is 11.5 Å². The molecule has 0 aliphatic carbocycles. The largest absolute Gasteiger partial charge is 0.573 e. The van der Waals surface area contributed by atoms with Gasteiger partial charge in [0.1, 0.15) is 0 Å². The second-order valence-electron chi connectivity index (χ2n) is 2.47. The number of rotatable bonds is 2. The topological polar surface area (TPSA) is 18.5 Å². The molecule has 0 amide bonds. The molecule has 1 rings (SSSR count). The van der Waals surface area contributed by atoms with Gasteiger partial charge < -0.3 is 9.47 Å². The van der Waals surface area contributed by atoms with Crippen molar-refractivity contribution in [2.45, 2.75) is 6.36 Å². The van der Waals surface area contributed by atoms with Crippen molar-refractivity contribution >= 4 is 31.9 Å². The Morgan fingerprint density at radius 1 is 1.20 bits per heavy atom. The van der Waals surface area contributed by atoms with Crippen LogP contribution < -0.4 is 9.47 Å². The summed E-state index contributed by atoms with van der Waals surface area (Å²) >= 11 is 6.11. The van der Waals surface area contributed by atoms with Crippen molar-refractivity contribution in [1.82, 2.24) is 0 Å². The molecule has 0 aromatic heterocycles. The standard InChI is InChI=1S/C8H5Br2F3O2/c1-14-7-5(10)2-4(9)3-6(7)15-8(11,12)13/h2-3H,1H3. The molecule has 0 aliphatic heterocycles. The second-order valence-corrected chi connectivity index (χ2v) is 4.24. The Bertz CT molecular complexity index is 366. The van der Waals surface area contributed by atoms with E-state index in [2.05, 4.69) is 36.6 Å². The molecule has 0 unspecified atom stereocenters. The van der Waals surface area contributed by atoms with Gasteiger partial charge in [-0.3, -0.25) is 0 Å². The number of hydrogen-bond donors (Lipinski definition) is 0. The minimum absolute atomic E-state index is 0.00414. The van der Waals surface area contributed by atoms with Crippen LogP contribution in [0, 0.1) is 0 Å². The molecule has 0 saturated heterocycles. The minimum Gasteiger partial charge on any atom is -0.492 e. The van der Waals surface area contributed by atoms with E-state index < -0.39 is 12.1 Å². The zero-order valence-corrected chi connectivity index (χ0v) is 10.5. The van der Waals surface area contributed by atoms with Crippen molar-refractivity contribution in [3.63, 3.8) is 0 Å². The Balaban J connectivity index is 3.15. The molecule has 0 saturated carbocycles. The van der Waals surface area contributed by atoms with Gasteiger partial charge in [0.25, 0.3) is 0 Å². The molecule has 1 aromatic rings. The monoisotopic (exact) mass is 348 g/mol. The smallest absolute Gasteiger partial charge is 0.492 e. The van der Waals surface area contributed by atoms with Gasteiger partial charge in [0, 0.05) is 4.47 Å². The van der Waals surface area contributed by atoms with Crippen LogP contribution >= 0.6 is 31.9 Å². The summed E-state index contributed by atoms with van der Waals surface area (Å²) in [5, 5.41) is 0. The third-order valence-electron chi connectivity index (χ3n) is 1.40. The Hall–Kier alpha value is -0.430. The fourth-order valence-electron chi connectivity index (χ4n) is 0.935. The Morgan fingerprint density at radius 2 is 1.80 bits per heavy atom. The third kappa shape index (κ3) is 3.57. The maximum absolute atomic E-state index is 12.0. The van der Waals surface area contributed by atoms with E-state index in [1.807, 2.05) is 0 Å². The number of ether oxygens (including phenoxy) is 2. The molecule has 0 spiro atoms. The minimum atomic E-state index is -4.74. The first-order chi connectivity index (χ1) is 6.83. The van der Waals surface area contributed by atoms with Crippen molar-refractivity contribution in [1.29, 1.82) is 0 Å². The van der Waals surface area contributed by atoms with Crippen LogP contribution in [0.3, 0.4) is 0 Å². The lowest BCUT2D eigenvalue weighted by molar-refractivity contribution is -0.275. The first kappa shape index (κ1) is 12.6. The third-order valence-corrected chi connectivity index (χ3v) is 2.45. The van der Waals surface area contributed by atoms with Crippen LogP contribution in [0.4, 0.5) is 13.2 Å². The maximum atomic E-state index is 12.0. The molecular weight excluding hydrogens is 345 g/mol. The van der Waals surface area contributed by atoms with Crippen LogP contribution in [0.2, 0.25) is 0 Å². The zero-order valence-electron chi connectivity index (χ0n) is 7.36. The van der Waals surface area contributed by atoms with E-state index in [9.17, 15) is 13.2 Å². The maximum Gasteiger partial charge on any atom is 0.573 e. The highest BCUT2D eigenvalue weighted by Crippen LogP contribution is 2.40. The molecule has 84 valence electrons. The van der Waals surface area contributed by atoms with Gasteiger partial charge in [-0.05, 0) is 28.1 Å². The summed E-state index contributed by atoms with van der Waals surface area (Å²) in [6, 6.07) is 2.74. The van der Waals surface area contributed by atoms with E-state index in [4.69, 9.17) is 4.74 Å². The summed E-state index contributed by atoms with van der Waals surface area (Å²) in [6.45, 7) is 0. The van der Waals surface area contributed by atoms with Gasteiger partial charge in [0.05, 0.1) is 11.6 Å². The number of benzene rings is 1. The fourth-order valence-corrected chi connectivity index (χ4v) is 2.28. The summed E-state index contributed by atoms with van der Waals surface area (Å²) in [5.74, 6) is -0.401. The molecule has 0 N–H and O–H groups in total. The molecule has 0 heterocycles. The van der Waals surface area contributed by atoms with Crippen LogP contribution in [0.1, 0.15) is 0 Å². The van der Waals surface area contributed by atoms with Crippen molar-refractivity contribution in [2.75, 3.05) is 7.11 Å². The van der Waals surface area contributed by atoms with E-state index in [0.717, 1.165) is 0 Å². The van der Waals surface area contributed by atoms with E-state index in [1.165, 1.54) is 13.2 Å². The molecule has 0 radical (unpaired) electrons. The Labute approximate surface area is 101 Å². The highest BCUT2D eigenvalue weighted by molar-refractivity contribution is 9.11. The van der Waals surface area contributed by atoms with E-state index in [0.29, 0.717) is 8.95 Å². The van der Waals surface area contributed by atoms with Gasteiger partial charge in [-0.25, -0.2) is 0 Å². The number of methoxy groups -OCH3 is 1. The average molecular weight is 350 g/mol. The number of alkyl halides is 3. The molecular formula is C8H5Br2F3O2. The first-order valence-corrected chi connectivity index (χ1v) is 5.21. The van der Waals surface area contributed by atoms with E-state index in [1.54, 1.807) is 6.07 Å². The summed E-state index contributed by atoms with van der Waals surface area (Å²) in [4.78, 5) is 0. The lowest BCUT2D eigenvalue weighted by Gasteiger charge is -2.13. The molecule has 7 heteroatoms. The summed E-state index contributed by atoms with van der Waals surface area (Å²) < 4.78 is 45.4. The highest BCUT2D eigenvalue weighted by Gasteiger charge is 2.33. The van der Waals surface area contributed by atoms with E-state index >= 15 is 0 Å². The van der Waals surface area contributed by atoms with Crippen LogP contribution in [-0.4, -0.2) is 13.5 Å². The Kier molecular flexibility index (Phi) is 3.88. The normalized spacial score (nSPS) is 11.3. The number of hydrogen-bond acceptors (Lipinski definition) is 2. The van der Waals surface area contributed by atoms with Crippen molar-refractivity contribution in [3.05, 3.63) is 21.1 Å². The van der Waals surface area contributed by atoms with Crippen LogP contribution in [-0.2, 0) is 0 Å². The van der Waals surface area contributed by atoms with Gasteiger partial charge in [-0.15, -0.1) is 13.2 Å². The lowest BCUT2D eigenvalue weighted by atomic mass is 10.3. The SMILES string of the molecule is COc1c(Br)cc(Br)cc1OC(F)(F)F. The molecule has 0 atom stereocenters. The van der Waals surface area contributed by atoms with Gasteiger partial charge in [-0.2, -0.15) is 0 Å². The second kappa shape index (κ2) is 4.61. The number of halogens is 5. The molecule has 15 heavy (non-hydrogen) atoms. The van der Waals surface area contributed by atoms with Crippen LogP contribution in [0.25, 0.3) is 0 Å². The molecule has 2 nitrogen and oxygen atoms in total. The first-order valence-electron chi connectivity index (χ1n) is 3.62. The molecule has 0 bridgehead atoms. The highest BCUT2D eigenvalue weighted by atomic mass is 79.9.